The number of hydrogen-bond acceptors (Lipinski definition) is 3. The van der Waals surface area contributed by atoms with E-state index in [9.17, 15) is 19.1 Å². The summed E-state index contributed by atoms with van der Waals surface area (Å²) in [6.07, 6.45) is 0. The van der Waals surface area contributed by atoms with Gasteiger partial charge in [0.15, 0.2) is 0 Å². The van der Waals surface area contributed by atoms with Gasteiger partial charge in [0.25, 0.3) is 5.91 Å². The average molecular weight is 296 g/mol. The highest BCUT2D eigenvalue weighted by Crippen LogP contribution is 2.28. The topological polar surface area (TPSA) is 69.6 Å². The molecule has 1 aromatic carbocycles. The number of nitrogens with one attached hydrogen (secondary N) is 1. The zero-order valence-electron chi connectivity index (χ0n) is 12.9. The van der Waals surface area contributed by atoms with Gasteiger partial charge in [-0.25, -0.2) is 9.18 Å². The summed E-state index contributed by atoms with van der Waals surface area (Å²) >= 11 is 0. The molecule has 6 heteroatoms. The number of aliphatic carboxylic acids is 1. The fraction of sp³-hybridized carbons (Fsp3) is 0.467. The Balaban J connectivity index is 3.32. The second-order valence-electron chi connectivity index (χ2n) is 5.57. The first-order valence-electron chi connectivity index (χ1n) is 6.67. The van der Waals surface area contributed by atoms with E-state index in [2.05, 4.69) is 5.32 Å². The zero-order valence-corrected chi connectivity index (χ0v) is 12.9. The van der Waals surface area contributed by atoms with Gasteiger partial charge in [0.1, 0.15) is 11.4 Å². The first-order chi connectivity index (χ1) is 9.62. The highest BCUT2D eigenvalue weighted by molar-refractivity contribution is 5.94. The SMILES string of the molecule is CNC(=O)c1ccc(N(C(C)C)C(C)(C)C(=O)O)cc1F. The minimum Gasteiger partial charge on any atom is -0.480 e. The van der Waals surface area contributed by atoms with Crippen LogP contribution in [0.4, 0.5) is 10.1 Å². The smallest absolute Gasteiger partial charge is 0.328 e. The van der Waals surface area contributed by atoms with E-state index in [4.69, 9.17) is 0 Å². The third-order valence-electron chi connectivity index (χ3n) is 3.34. The molecule has 0 saturated carbocycles. The van der Waals surface area contributed by atoms with E-state index in [1.54, 1.807) is 24.8 Å². The number of carboxylic acid groups (broad SMARTS) is 1. The minimum absolute atomic E-state index is 0.0712. The Morgan fingerprint density at radius 3 is 2.29 bits per heavy atom. The van der Waals surface area contributed by atoms with Crippen LogP contribution in [0.15, 0.2) is 18.2 Å². The van der Waals surface area contributed by atoms with Gasteiger partial charge >= 0.3 is 5.97 Å². The maximum Gasteiger partial charge on any atom is 0.328 e. The molecule has 116 valence electrons. The summed E-state index contributed by atoms with van der Waals surface area (Å²) in [7, 11) is 1.42. The van der Waals surface area contributed by atoms with Crippen LogP contribution in [-0.4, -0.2) is 35.6 Å². The lowest BCUT2D eigenvalue weighted by Gasteiger charge is -2.40. The maximum atomic E-state index is 14.1. The van der Waals surface area contributed by atoms with Gasteiger partial charge in [0.2, 0.25) is 0 Å². The van der Waals surface area contributed by atoms with Crippen LogP contribution in [0, 0.1) is 5.82 Å². The quantitative estimate of drug-likeness (QED) is 0.874. The molecule has 1 amide bonds. The van der Waals surface area contributed by atoms with E-state index in [0.717, 1.165) is 0 Å². The van der Waals surface area contributed by atoms with Crippen LogP contribution in [0.1, 0.15) is 38.1 Å². The first-order valence-corrected chi connectivity index (χ1v) is 6.67. The number of carboxylic acids is 1. The summed E-state index contributed by atoms with van der Waals surface area (Å²) in [6, 6.07) is 3.95. The molecule has 0 heterocycles. The number of carbonyl (C=O) groups is 2. The summed E-state index contributed by atoms with van der Waals surface area (Å²) < 4.78 is 14.1. The lowest BCUT2D eigenvalue weighted by atomic mass is 9.99. The predicted molar refractivity (Wildman–Crippen MR) is 79.1 cm³/mol. The van der Waals surface area contributed by atoms with Gasteiger partial charge in [-0.2, -0.15) is 0 Å². The van der Waals surface area contributed by atoms with E-state index in [0.29, 0.717) is 5.69 Å². The van der Waals surface area contributed by atoms with Crippen LogP contribution in [-0.2, 0) is 4.79 Å². The number of hydrogen-bond donors (Lipinski definition) is 2. The minimum atomic E-state index is -1.20. The molecule has 0 aliphatic carbocycles. The number of rotatable bonds is 5. The van der Waals surface area contributed by atoms with Gasteiger partial charge < -0.3 is 15.3 Å². The van der Waals surface area contributed by atoms with Gasteiger partial charge in [0, 0.05) is 18.8 Å². The Kier molecular flexibility index (Phi) is 4.93. The Bertz CT molecular complexity index is 556. The lowest BCUT2D eigenvalue weighted by molar-refractivity contribution is -0.142. The maximum absolute atomic E-state index is 14.1. The molecule has 0 aliphatic heterocycles. The fourth-order valence-electron chi connectivity index (χ4n) is 2.34. The largest absolute Gasteiger partial charge is 0.480 e. The standard InChI is InChI=1S/C15H21FN2O3/c1-9(2)18(15(3,4)14(20)21)10-6-7-11(12(16)8-10)13(19)17-5/h6-9H,1-5H3,(H,17,19)(H,20,21). The van der Waals surface area contributed by atoms with Gasteiger partial charge in [-0.15, -0.1) is 0 Å². The molecule has 0 aliphatic rings. The molecule has 1 aromatic rings. The van der Waals surface area contributed by atoms with Crippen molar-refractivity contribution in [3.63, 3.8) is 0 Å². The highest BCUT2D eigenvalue weighted by atomic mass is 19.1. The molecule has 0 aromatic heterocycles. The number of carbonyl (C=O) groups excluding carboxylic acids is 1. The van der Waals surface area contributed by atoms with Gasteiger partial charge in [0.05, 0.1) is 5.56 Å². The highest BCUT2D eigenvalue weighted by Gasteiger charge is 2.36. The van der Waals surface area contributed by atoms with Crippen molar-refractivity contribution in [2.75, 3.05) is 11.9 Å². The van der Waals surface area contributed by atoms with Crippen molar-refractivity contribution in [3.05, 3.63) is 29.6 Å². The van der Waals surface area contributed by atoms with Crippen LogP contribution >= 0.6 is 0 Å². The Labute approximate surface area is 123 Å². The number of nitrogens with zero attached hydrogens (tertiary/aromatic N) is 1. The van der Waals surface area contributed by atoms with Gasteiger partial charge in [-0.05, 0) is 45.9 Å². The van der Waals surface area contributed by atoms with Gasteiger partial charge in [-0.1, -0.05) is 0 Å². The molecule has 0 atom stereocenters. The van der Waals surface area contributed by atoms with E-state index in [-0.39, 0.29) is 11.6 Å². The Morgan fingerprint density at radius 1 is 1.33 bits per heavy atom. The van der Waals surface area contributed by atoms with E-state index < -0.39 is 23.2 Å². The van der Waals surface area contributed by atoms with E-state index >= 15 is 0 Å². The van der Waals surface area contributed by atoms with E-state index in [1.165, 1.54) is 19.2 Å². The van der Waals surface area contributed by atoms with Crippen molar-refractivity contribution in [2.24, 2.45) is 0 Å². The predicted octanol–water partition coefficient (Wildman–Crippen LogP) is 2.26. The van der Waals surface area contributed by atoms with Crippen LogP contribution in [0.5, 0.6) is 0 Å². The normalized spacial score (nSPS) is 11.4. The molecule has 0 bridgehead atoms. The summed E-state index contributed by atoms with van der Waals surface area (Å²) in [5.41, 5.74) is -0.851. The molecule has 0 unspecified atom stereocenters. The molecular formula is C15H21FN2O3. The zero-order chi connectivity index (χ0) is 16.4. The molecule has 1 rings (SSSR count). The molecule has 0 saturated heterocycles. The molecule has 0 radical (unpaired) electrons. The Morgan fingerprint density at radius 2 is 1.90 bits per heavy atom. The third kappa shape index (κ3) is 3.32. The van der Waals surface area contributed by atoms with Crippen LogP contribution < -0.4 is 10.2 Å². The summed E-state index contributed by atoms with van der Waals surface area (Å²) in [6.45, 7) is 6.77. The molecular weight excluding hydrogens is 275 g/mol. The van der Waals surface area contributed by atoms with Crippen molar-refractivity contribution >= 4 is 17.6 Å². The number of amides is 1. The van der Waals surface area contributed by atoms with Crippen molar-refractivity contribution in [1.29, 1.82) is 0 Å². The lowest BCUT2D eigenvalue weighted by Crippen LogP contribution is -2.53. The molecule has 21 heavy (non-hydrogen) atoms. The second-order valence-corrected chi connectivity index (χ2v) is 5.57. The summed E-state index contributed by atoms with van der Waals surface area (Å²) in [4.78, 5) is 24.5. The van der Waals surface area contributed by atoms with Crippen LogP contribution in [0.3, 0.4) is 0 Å². The number of benzene rings is 1. The Hall–Kier alpha value is -2.11. The third-order valence-corrected chi connectivity index (χ3v) is 3.34. The summed E-state index contributed by atoms with van der Waals surface area (Å²) in [5, 5.41) is 11.7. The van der Waals surface area contributed by atoms with Crippen LogP contribution in [0.2, 0.25) is 0 Å². The van der Waals surface area contributed by atoms with Crippen molar-refractivity contribution in [3.8, 4) is 0 Å². The fourth-order valence-corrected chi connectivity index (χ4v) is 2.34. The monoisotopic (exact) mass is 296 g/mol. The molecule has 2 N–H and O–H groups in total. The molecule has 0 spiro atoms. The van der Waals surface area contributed by atoms with Crippen LogP contribution in [0.25, 0.3) is 0 Å². The number of anilines is 1. The van der Waals surface area contributed by atoms with Crippen molar-refractivity contribution in [1.82, 2.24) is 5.32 Å². The summed E-state index contributed by atoms with van der Waals surface area (Å²) in [5.74, 6) is -2.21. The second kappa shape index (κ2) is 6.11. The molecule has 0 fully saturated rings. The van der Waals surface area contributed by atoms with E-state index in [1.807, 2.05) is 13.8 Å². The molecule has 5 nitrogen and oxygen atoms in total. The average Bonchev–Trinajstić information content (AvgIpc) is 2.37. The van der Waals surface area contributed by atoms with Gasteiger partial charge in [-0.3, -0.25) is 4.79 Å². The first kappa shape index (κ1) is 16.9. The number of halogens is 1. The van der Waals surface area contributed by atoms with Crippen molar-refractivity contribution in [2.45, 2.75) is 39.3 Å². The van der Waals surface area contributed by atoms with Crippen molar-refractivity contribution < 1.29 is 19.1 Å².